The molecule has 0 aliphatic carbocycles. The van der Waals surface area contributed by atoms with Crippen molar-refractivity contribution in [3.63, 3.8) is 0 Å². The number of hydrogen-bond acceptors (Lipinski definition) is 1. The van der Waals surface area contributed by atoms with E-state index in [-0.39, 0.29) is 28.3 Å². The average Bonchev–Trinajstić information content (AvgIpc) is 2.43. The van der Waals surface area contributed by atoms with Crippen molar-refractivity contribution >= 4 is 5.91 Å². The summed E-state index contributed by atoms with van der Waals surface area (Å²) < 4.78 is 0. The summed E-state index contributed by atoms with van der Waals surface area (Å²) >= 11 is 0. The number of hydrogen-bond donors (Lipinski definition) is 1. The minimum atomic E-state index is -0.164. The van der Waals surface area contributed by atoms with Crippen LogP contribution in [0.4, 0.5) is 0 Å². The van der Waals surface area contributed by atoms with E-state index in [1.54, 1.807) is 0 Å². The van der Waals surface area contributed by atoms with Gasteiger partial charge in [0.2, 0.25) is 5.91 Å². The zero-order valence-corrected chi connectivity index (χ0v) is 16.0. The minimum absolute atomic E-state index is 0. The van der Waals surface area contributed by atoms with E-state index in [0.29, 0.717) is 6.42 Å². The first-order valence-electron chi connectivity index (χ1n) is 8.70. The molecule has 0 rings (SSSR count). The van der Waals surface area contributed by atoms with E-state index in [9.17, 15) is 4.79 Å². The molecule has 1 amide bonds. The van der Waals surface area contributed by atoms with Gasteiger partial charge in [-0.05, 0) is 32.1 Å². The molecule has 3 heteroatoms. The molecule has 0 saturated heterocycles. The van der Waals surface area contributed by atoms with Crippen LogP contribution in [0.2, 0.25) is 0 Å². The van der Waals surface area contributed by atoms with Gasteiger partial charge in [0.05, 0.1) is 0 Å². The predicted molar refractivity (Wildman–Crippen MR) is 88.6 cm³/mol. The first-order valence-corrected chi connectivity index (χ1v) is 8.70. The zero-order valence-electron chi connectivity index (χ0n) is 13.8. The molecule has 0 aromatic rings. The topological polar surface area (TPSA) is 43.1 Å². The third kappa shape index (κ3) is 22.4. The standard InChI is InChI=1S/C18H35NO.Au/c1-2-3-4-5-6-7-8-9-10-11-12-13-14-15-16-17-18(19)20;/h9-10H,2-8,11-17H2,1H3,(H2,19,20);. The second-order valence-corrected chi connectivity index (χ2v) is 5.80. The molecule has 0 bridgehead atoms. The summed E-state index contributed by atoms with van der Waals surface area (Å²) in [6, 6.07) is 0. The van der Waals surface area contributed by atoms with E-state index >= 15 is 0 Å². The molecule has 0 fully saturated rings. The Hall–Kier alpha value is -0.0497. The van der Waals surface area contributed by atoms with Crippen LogP contribution >= 0.6 is 0 Å². The summed E-state index contributed by atoms with van der Waals surface area (Å²) in [7, 11) is 0. The van der Waals surface area contributed by atoms with Crippen LogP contribution in [0.1, 0.15) is 96.8 Å². The quantitative estimate of drug-likeness (QED) is 0.188. The van der Waals surface area contributed by atoms with Crippen LogP contribution in [-0.4, -0.2) is 5.91 Å². The van der Waals surface area contributed by atoms with Gasteiger partial charge in [-0.3, -0.25) is 4.79 Å². The van der Waals surface area contributed by atoms with E-state index < -0.39 is 0 Å². The minimum Gasteiger partial charge on any atom is -0.370 e. The van der Waals surface area contributed by atoms with Crippen LogP contribution in [0.25, 0.3) is 0 Å². The van der Waals surface area contributed by atoms with Gasteiger partial charge in [0.1, 0.15) is 0 Å². The van der Waals surface area contributed by atoms with E-state index in [1.807, 2.05) is 0 Å². The van der Waals surface area contributed by atoms with Crippen molar-refractivity contribution in [3.8, 4) is 0 Å². The molecular weight excluding hydrogens is 443 g/mol. The third-order valence-corrected chi connectivity index (χ3v) is 3.68. The van der Waals surface area contributed by atoms with Crippen LogP contribution in [0.3, 0.4) is 0 Å². The number of allylic oxidation sites excluding steroid dienone is 2. The van der Waals surface area contributed by atoms with Crippen LogP contribution < -0.4 is 5.73 Å². The van der Waals surface area contributed by atoms with Gasteiger partial charge in [-0.1, -0.05) is 70.4 Å². The van der Waals surface area contributed by atoms with Gasteiger partial charge in [-0.25, -0.2) is 0 Å². The summed E-state index contributed by atoms with van der Waals surface area (Å²) in [5.41, 5.74) is 5.10. The number of unbranched alkanes of at least 4 members (excludes halogenated alkanes) is 11. The number of nitrogens with two attached hydrogens (primary N) is 1. The van der Waals surface area contributed by atoms with Gasteiger partial charge < -0.3 is 5.73 Å². The summed E-state index contributed by atoms with van der Waals surface area (Å²) in [5.74, 6) is -0.164. The Bertz CT molecular complexity index is 241. The Balaban J connectivity index is 0. The van der Waals surface area contributed by atoms with Crippen molar-refractivity contribution in [2.75, 3.05) is 0 Å². The molecular formula is C18H35AuNO. The number of carbonyl (C=O) groups is 1. The van der Waals surface area contributed by atoms with E-state index in [4.69, 9.17) is 5.73 Å². The molecule has 0 unspecified atom stereocenters. The fraction of sp³-hybridized carbons (Fsp3) is 0.833. The molecule has 129 valence electrons. The first kappa shape index (κ1) is 23.2. The van der Waals surface area contributed by atoms with Crippen LogP contribution in [0.15, 0.2) is 12.2 Å². The maximum absolute atomic E-state index is 10.5. The fourth-order valence-electron chi connectivity index (χ4n) is 2.37. The van der Waals surface area contributed by atoms with Gasteiger partial charge >= 0.3 is 0 Å². The molecule has 0 aliphatic rings. The molecule has 21 heavy (non-hydrogen) atoms. The van der Waals surface area contributed by atoms with Crippen molar-refractivity contribution < 1.29 is 27.2 Å². The average molecular weight is 478 g/mol. The fourth-order valence-corrected chi connectivity index (χ4v) is 2.37. The van der Waals surface area contributed by atoms with Crippen LogP contribution in [-0.2, 0) is 27.2 Å². The Morgan fingerprint density at radius 1 is 0.762 bits per heavy atom. The number of rotatable bonds is 15. The van der Waals surface area contributed by atoms with Crippen molar-refractivity contribution in [1.29, 1.82) is 0 Å². The largest absolute Gasteiger partial charge is 0.370 e. The third-order valence-electron chi connectivity index (χ3n) is 3.68. The van der Waals surface area contributed by atoms with Gasteiger partial charge in [-0.15, -0.1) is 0 Å². The molecule has 0 aliphatic heterocycles. The van der Waals surface area contributed by atoms with Crippen molar-refractivity contribution in [1.82, 2.24) is 0 Å². The van der Waals surface area contributed by atoms with Crippen molar-refractivity contribution in [2.24, 2.45) is 5.73 Å². The number of carbonyl (C=O) groups excluding carboxylic acids is 1. The maximum atomic E-state index is 10.5. The Morgan fingerprint density at radius 3 is 1.67 bits per heavy atom. The Kier molecular flexibility index (Phi) is 22.1. The molecule has 0 aromatic heterocycles. The summed E-state index contributed by atoms with van der Waals surface area (Å²) in [4.78, 5) is 10.5. The van der Waals surface area contributed by atoms with E-state index in [0.717, 1.165) is 12.8 Å². The summed E-state index contributed by atoms with van der Waals surface area (Å²) in [5, 5.41) is 0. The zero-order chi connectivity index (χ0) is 14.9. The molecule has 0 atom stereocenters. The Labute approximate surface area is 147 Å². The normalized spacial score (nSPS) is 10.7. The van der Waals surface area contributed by atoms with Crippen LogP contribution in [0, 0.1) is 0 Å². The van der Waals surface area contributed by atoms with Gasteiger partial charge in [0, 0.05) is 28.8 Å². The van der Waals surface area contributed by atoms with E-state index in [2.05, 4.69) is 19.1 Å². The van der Waals surface area contributed by atoms with Crippen LogP contribution in [0.5, 0.6) is 0 Å². The molecule has 1 radical (unpaired) electrons. The summed E-state index contributed by atoms with van der Waals surface area (Å²) in [6.45, 7) is 2.26. The molecule has 0 heterocycles. The monoisotopic (exact) mass is 478 g/mol. The summed E-state index contributed by atoms with van der Waals surface area (Å²) in [6.07, 6.45) is 21.9. The SMILES string of the molecule is CCCCCCCCC=CCCCCCCCC(N)=O.[Au]. The van der Waals surface area contributed by atoms with Gasteiger partial charge in [-0.2, -0.15) is 0 Å². The molecule has 0 aromatic carbocycles. The second-order valence-electron chi connectivity index (χ2n) is 5.80. The number of amides is 1. The Morgan fingerprint density at radius 2 is 1.19 bits per heavy atom. The van der Waals surface area contributed by atoms with Gasteiger partial charge in [0.15, 0.2) is 0 Å². The number of primary amides is 1. The van der Waals surface area contributed by atoms with Gasteiger partial charge in [0.25, 0.3) is 0 Å². The maximum Gasteiger partial charge on any atom is 0.217 e. The first-order chi connectivity index (χ1) is 9.77. The molecule has 2 N–H and O–H groups in total. The molecule has 2 nitrogen and oxygen atoms in total. The van der Waals surface area contributed by atoms with E-state index in [1.165, 1.54) is 70.6 Å². The smallest absolute Gasteiger partial charge is 0.217 e. The molecule has 0 saturated carbocycles. The van der Waals surface area contributed by atoms with Crippen molar-refractivity contribution in [3.05, 3.63) is 12.2 Å². The molecule has 0 spiro atoms. The predicted octanol–water partition coefficient (Wildman–Crippen LogP) is 5.51. The van der Waals surface area contributed by atoms with Crippen molar-refractivity contribution in [2.45, 2.75) is 96.8 Å². The second kappa shape index (κ2) is 20.0.